The number of hydrogen-bond acceptors (Lipinski definition) is 2. The topological polar surface area (TPSA) is 33.0 Å². The molecule has 0 bridgehead atoms. The van der Waals surface area contributed by atoms with Crippen LogP contribution in [0, 0.1) is 17.1 Å². The van der Waals surface area contributed by atoms with E-state index in [9.17, 15) is 9.65 Å². The maximum Gasteiger partial charge on any atom is 0.124 e. The highest BCUT2D eigenvalue weighted by Crippen LogP contribution is 2.40. The number of para-hydroxylation sites is 1. The van der Waals surface area contributed by atoms with Gasteiger partial charge < -0.3 is 4.74 Å². The number of nitriles is 1. The lowest BCUT2D eigenvalue weighted by Crippen LogP contribution is -2.33. The second-order valence-corrected chi connectivity index (χ2v) is 5.10. The van der Waals surface area contributed by atoms with E-state index in [1.54, 1.807) is 6.07 Å². The van der Waals surface area contributed by atoms with Crippen LogP contribution in [0.1, 0.15) is 17.5 Å². The summed E-state index contributed by atoms with van der Waals surface area (Å²) in [6, 6.07) is 16.5. The molecule has 2 aromatic rings. The van der Waals surface area contributed by atoms with Gasteiger partial charge in [0.15, 0.2) is 0 Å². The minimum Gasteiger partial charge on any atom is -0.493 e. The molecule has 1 unspecified atom stereocenters. The van der Waals surface area contributed by atoms with Crippen molar-refractivity contribution < 1.29 is 9.13 Å². The average molecular weight is 267 g/mol. The van der Waals surface area contributed by atoms with Gasteiger partial charge in [0.25, 0.3) is 0 Å². The van der Waals surface area contributed by atoms with Gasteiger partial charge in [-0.1, -0.05) is 30.3 Å². The van der Waals surface area contributed by atoms with E-state index in [0.717, 1.165) is 16.9 Å². The van der Waals surface area contributed by atoms with Crippen LogP contribution in [-0.4, -0.2) is 6.61 Å². The molecule has 0 amide bonds. The fraction of sp³-hybridized carbons (Fsp3) is 0.235. The molecule has 0 fully saturated rings. The molecular weight excluding hydrogens is 253 g/mol. The molecule has 0 spiro atoms. The van der Waals surface area contributed by atoms with Crippen LogP contribution in [0.25, 0.3) is 0 Å². The molecule has 0 aliphatic carbocycles. The molecule has 1 aliphatic heterocycles. The van der Waals surface area contributed by atoms with Gasteiger partial charge in [-0.3, -0.25) is 0 Å². The summed E-state index contributed by atoms with van der Waals surface area (Å²) in [7, 11) is 0. The molecule has 1 heterocycles. The second kappa shape index (κ2) is 4.97. The van der Waals surface area contributed by atoms with Crippen molar-refractivity contribution in [3.05, 3.63) is 65.5 Å². The zero-order chi connectivity index (χ0) is 14.0. The summed E-state index contributed by atoms with van der Waals surface area (Å²) in [5, 5.41) is 9.72. The Balaban J connectivity index is 2.03. The van der Waals surface area contributed by atoms with E-state index in [4.69, 9.17) is 4.74 Å². The molecule has 3 rings (SSSR count). The first-order chi connectivity index (χ1) is 9.73. The van der Waals surface area contributed by atoms with Crippen LogP contribution in [0.15, 0.2) is 48.5 Å². The summed E-state index contributed by atoms with van der Waals surface area (Å²) < 4.78 is 19.0. The molecule has 100 valence electrons. The lowest BCUT2D eigenvalue weighted by Gasteiger charge is -2.33. The smallest absolute Gasteiger partial charge is 0.124 e. The van der Waals surface area contributed by atoms with Crippen molar-refractivity contribution in [1.29, 1.82) is 5.26 Å². The number of nitrogens with zero attached hydrogens (tertiary/aromatic N) is 1. The normalized spacial score (nSPS) is 20.6. The maximum absolute atomic E-state index is 13.3. The van der Waals surface area contributed by atoms with E-state index in [1.165, 1.54) is 12.1 Å². The van der Waals surface area contributed by atoms with Gasteiger partial charge in [0.2, 0.25) is 0 Å². The standard InChI is InChI=1S/C17H14FNO/c18-14-5-3-4-13(10-14)11-17(12-19)8-9-20-16-7-2-1-6-15(16)17/h1-7,10H,8-9,11H2. The van der Waals surface area contributed by atoms with Crippen molar-refractivity contribution in [1.82, 2.24) is 0 Å². The number of hydrogen-bond donors (Lipinski definition) is 0. The molecule has 0 radical (unpaired) electrons. The van der Waals surface area contributed by atoms with Crippen LogP contribution in [-0.2, 0) is 11.8 Å². The van der Waals surface area contributed by atoms with Crippen LogP contribution in [0.2, 0.25) is 0 Å². The molecule has 1 aliphatic rings. The van der Waals surface area contributed by atoms with Crippen LogP contribution in [0.3, 0.4) is 0 Å². The SMILES string of the molecule is N#CC1(Cc2cccc(F)c2)CCOc2ccccc21. The highest BCUT2D eigenvalue weighted by molar-refractivity contribution is 5.46. The van der Waals surface area contributed by atoms with Gasteiger partial charge in [0.05, 0.1) is 18.1 Å². The van der Waals surface area contributed by atoms with Crippen LogP contribution < -0.4 is 4.74 Å². The molecule has 20 heavy (non-hydrogen) atoms. The summed E-state index contributed by atoms with van der Waals surface area (Å²) in [5.41, 5.74) is 1.10. The quantitative estimate of drug-likeness (QED) is 0.832. The van der Waals surface area contributed by atoms with E-state index < -0.39 is 5.41 Å². The zero-order valence-electron chi connectivity index (χ0n) is 11.0. The Hall–Kier alpha value is -2.34. The van der Waals surface area contributed by atoms with Crippen LogP contribution in [0.5, 0.6) is 5.75 Å². The summed E-state index contributed by atoms with van der Waals surface area (Å²) in [6.45, 7) is 0.514. The molecule has 0 saturated heterocycles. The molecule has 0 aromatic heterocycles. The van der Waals surface area contributed by atoms with Crippen LogP contribution in [0.4, 0.5) is 4.39 Å². The second-order valence-electron chi connectivity index (χ2n) is 5.10. The number of ether oxygens (including phenoxy) is 1. The molecule has 0 N–H and O–H groups in total. The Morgan fingerprint density at radius 2 is 2.05 bits per heavy atom. The number of halogens is 1. The fourth-order valence-electron chi connectivity index (χ4n) is 2.79. The van der Waals surface area contributed by atoms with Gasteiger partial charge >= 0.3 is 0 Å². The minimum absolute atomic E-state index is 0.268. The van der Waals surface area contributed by atoms with E-state index in [1.807, 2.05) is 30.3 Å². The minimum atomic E-state index is -0.636. The average Bonchev–Trinajstić information content (AvgIpc) is 2.47. The number of benzene rings is 2. The first-order valence-electron chi connectivity index (χ1n) is 6.61. The van der Waals surface area contributed by atoms with Gasteiger partial charge in [-0.15, -0.1) is 0 Å². The predicted octanol–water partition coefficient (Wildman–Crippen LogP) is 3.61. The van der Waals surface area contributed by atoms with Crippen molar-refractivity contribution in [2.75, 3.05) is 6.61 Å². The Morgan fingerprint density at radius 3 is 2.85 bits per heavy atom. The third-order valence-corrected chi connectivity index (χ3v) is 3.80. The Kier molecular flexibility index (Phi) is 3.15. The summed E-state index contributed by atoms with van der Waals surface area (Å²) in [6.07, 6.45) is 1.12. The highest BCUT2D eigenvalue weighted by atomic mass is 19.1. The van der Waals surface area contributed by atoms with Crippen molar-refractivity contribution in [3.8, 4) is 11.8 Å². The van der Waals surface area contributed by atoms with Crippen molar-refractivity contribution in [3.63, 3.8) is 0 Å². The van der Waals surface area contributed by atoms with E-state index in [0.29, 0.717) is 19.4 Å². The lowest BCUT2D eigenvalue weighted by molar-refractivity contribution is 0.241. The third kappa shape index (κ3) is 2.14. The molecule has 2 nitrogen and oxygen atoms in total. The maximum atomic E-state index is 13.3. The van der Waals surface area contributed by atoms with Crippen molar-refractivity contribution in [2.45, 2.75) is 18.3 Å². The largest absolute Gasteiger partial charge is 0.493 e. The number of fused-ring (bicyclic) bond motifs is 1. The van der Waals surface area contributed by atoms with Gasteiger partial charge in [-0.25, -0.2) is 4.39 Å². The summed E-state index contributed by atoms with van der Waals surface area (Å²) >= 11 is 0. The summed E-state index contributed by atoms with van der Waals surface area (Å²) in [5.74, 6) is 0.493. The predicted molar refractivity (Wildman–Crippen MR) is 73.9 cm³/mol. The van der Waals surface area contributed by atoms with Crippen LogP contribution >= 0.6 is 0 Å². The molecule has 0 saturated carbocycles. The molecule has 2 aromatic carbocycles. The summed E-state index contributed by atoms with van der Waals surface area (Å²) in [4.78, 5) is 0. The Morgan fingerprint density at radius 1 is 1.20 bits per heavy atom. The number of rotatable bonds is 2. The molecular formula is C17H14FNO. The van der Waals surface area contributed by atoms with E-state index in [-0.39, 0.29) is 5.82 Å². The van der Waals surface area contributed by atoms with E-state index in [2.05, 4.69) is 6.07 Å². The first-order valence-corrected chi connectivity index (χ1v) is 6.61. The highest BCUT2D eigenvalue weighted by Gasteiger charge is 2.38. The Labute approximate surface area is 117 Å². The zero-order valence-corrected chi connectivity index (χ0v) is 11.0. The van der Waals surface area contributed by atoms with Gasteiger partial charge in [-0.05, 0) is 30.2 Å². The molecule has 1 atom stereocenters. The van der Waals surface area contributed by atoms with E-state index >= 15 is 0 Å². The van der Waals surface area contributed by atoms with Crippen molar-refractivity contribution >= 4 is 0 Å². The third-order valence-electron chi connectivity index (χ3n) is 3.80. The first kappa shape index (κ1) is 12.7. The van der Waals surface area contributed by atoms with Gasteiger partial charge in [0.1, 0.15) is 11.6 Å². The Bertz CT molecular complexity index is 677. The fourth-order valence-corrected chi connectivity index (χ4v) is 2.79. The van der Waals surface area contributed by atoms with Gasteiger partial charge in [0, 0.05) is 12.0 Å². The lowest BCUT2D eigenvalue weighted by atomic mass is 9.73. The van der Waals surface area contributed by atoms with Gasteiger partial charge in [-0.2, -0.15) is 5.26 Å². The monoisotopic (exact) mass is 267 g/mol. The van der Waals surface area contributed by atoms with Crippen molar-refractivity contribution in [2.24, 2.45) is 0 Å². The molecule has 3 heteroatoms.